The zero-order valence-electron chi connectivity index (χ0n) is 20.6. The van der Waals surface area contributed by atoms with E-state index in [-0.39, 0.29) is 27.3 Å². The predicted molar refractivity (Wildman–Crippen MR) is 138 cm³/mol. The number of nitrogens with one attached hydrogen (secondary N) is 1. The van der Waals surface area contributed by atoms with Crippen LogP contribution in [0.15, 0.2) is 35.9 Å². The lowest BCUT2D eigenvalue weighted by molar-refractivity contribution is -0.122. The molecular formula is C27H32N2O3S. The standard InChI is InChI=1S/C27H32N2O3S/c1-15-9-16(2)11-18(10-15)29-24(32)19(23(31)28-25(29)33)12-17-13-20(26(3,4)5)22(30)21(14-17)27(6,7)8/h9-14,30H,1-8H3,(H,28,31,33)/b19-12+. The average Bonchev–Trinajstić information content (AvgIpc) is 2.63. The summed E-state index contributed by atoms with van der Waals surface area (Å²) in [6.45, 7) is 16.0. The molecular weight excluding hydrogens is 432 g/mol. The third kappa shape index (κ3) is 5.01. The Labute approximate surface area is 201 Å². The van der Waals surface area contributed by atoms with Gasteiger partial charge in [0.1, 0.15) is 11.3 Å². The number of aromatic hydroxyl groups is 1. The number of phenols is 1. The smallest absolute Gasteiger partial charge is 0.270 e. The second-order valence-corrected chi connectivity index (χ2v) is 11.2. The fourth-order valence-corrected chi connectivity index (χ4v) is 4.30. The number of hydrogen-bond donors (Lipinski definition) is 2. The molecule has 0 unspecified atom stereocenters. The van der Waals surface area contributed by atoms with E-state index in [1.165, 1.54) is 4.90 Å². The summed E-state index contributed by atoms with van der Waals surface area (Å²) >= 11 is 5.34. The molecule has 0 aromatic heterocycles. The number of nitrogens with zero attached hydrogens (tertiary/aromatic N) is 1. The van der Waals surface area contributed by atoms with Crippen molar-refractivity contribution in [2.24, 2.45) is 0 Å². The van der Waals surface area contributed by atoms with Gasteiger partial charge in [0.25, 0.3) is 11.8 Å². The predicted octanol–water partition coefficient (Wildman–Crippen LogP) is 5.44. The zero-order chi connectivity index (χ0) is 24.9. The third-order valence-electron chi connectivity index (χ3n) is 5.63. The second-order valence-electron chi connectivity index (χ2n) is 10.8. The summed E-state index contributed by atoms with van der Waals surface area (Å²) in [6.07, 6.45) is 1.58. The number of carbonyl (C=O) groups excluding carboxylic acids is 2. The largest absolute Gasteiger partial charge is 0.507 e. The van der Waals surface area contributed by atoms with Gasteiger partial charge in [-0.1, -0.05) is 47.6 Å². The van der Waals surface area contributed by atoms with Crippen LogP contribution in [0.25, 0.3) is 6.08 Å². The van der Waals surface area contributed by atoms with E-state index in [1.807, 2.05) is 85.7 Å². The number of aryl methyl sites for hydroxylation is 2. The molecule has 1 saturated heterocycles. The van der Waals surface area contributed by atoms with Crippen molar-refractivity contribution >= 4 is 40.9 Å². The first-order valence-corrected chi connectivity index (χ1v) is 11.4. The minimum absolute atomic E-state index is 0.00633. The van der Waals surface area contributed by atoms with E-state index < -0.39 is 11.8 Å². The number of thiocarbonyl (C=S) groups is 1. The van der Waals surface area contributed by atoms with Gasteiger partial charge in [0, 0.05) is 11.1 Å². The highest BCUT2D eigenvalue weighted by atomic mass is 32.1. The molecule has 1 heterocycles. The van der Waals surface area contributed by atoms with E-state index in [0.717, 1.165) is 22.3 Å². The number of carbonyl (C=O) groups is 2. The fourth-order valence-electron chi connectivity index (χ4n) is 4.02. The number of anilines is 1. The maximum atomic E-state index is 13.5. The summed E-state index contributed by atoms with van der Waals surface area (Å²) < 4.78 is 0. The van der Waals surface area contributed by atoms with Crippen LogP contribution in [-0.2, 0) is 20.4 Å². The lowest BCUT2D eigenvalue weighted by atomic mass is 9.78. The maximum absolute atomic E-state index is 13.5. The molecule has 2 aromatic rings. The van der Waals surface area contributed by atoms with Gasteiger partial charge in [-0.3, -0.25) is 19.8 Å². The monoisotopic (exact) mass is 464 g/mol. The van der Waals surface area contributed by atoms with E-state index in [9.17, 15) is 14.7 Å². The Morgan fingerprint density at radius 2 is 1.36 bits per heavy atom. The Hall–Kier alpha value is -2.99. The number of phenolic OH excluding ortho intramolecular Hbond substituents is 1. The summed E-state index contributed by atoms with van der Waals surface area (Å²) in [4.78, 5) is 27.6. The van der Waals surface area contributed by atoms with Crippen LogP contribution in [0.1, 0.15) is 69.4 Å². The lowest BCUT2D eigenvalue weighted by Crippen LogP contribution is -2.54. The van der Waals surface area contributed by atoms with Gasteiger partial charge in [-0.05, 0) is 83.9 Å². The molecule has 1 fully saturated rings. The lowest BCUT2D eigenvalue weighted by Gasteiger charge is -2.30. The topological polar surface area (TPSA) is 69.6 Å². The molecule has 1 aliphatic heterocycles. The number of rotatable bonds is 2. The van der Waals surface area contributed by atoms with Gasteiger partial charge in [0.05, 0.1) is 5.69 Å². The molecule has 2 amide bonds. The van der Waals surface area contributed by atoms with Crippen molar-refractivity contribution < 1.29 is 14.7 Å². The van der Waals surface area contributed by atoms with Gasteiger partial charge in [-0.25, -0.2) is 0 Å². The van der Waals surface area contributed by atoms with Crippen LogP contribution >= 0.6 is 12.2 Å². The molecule has 174 valence electrons. The van der Waals surface area contributed by atoms with Crippen molar-refractivity contribution in [1.29, 1.82) is 0 Å². The van der Waals surface area contributed by atoms with Crippen LogP contribution < -0.4 is 10.2 Å². The van der Waals surface area contributed by atoms with Crippen molar-refractivity contribution in [2.75, 3.05) is 4.90 Å². The van der Waals surface area contributed by atoms with Crippen LogP contribution in [0.3, 0.4) is 0 Å². The first kappa shape index (κ1) is 24.6. The summed E-state index contributed by atoms with van der Waals surface area (Å²) in [5.41, 5.74) is 4.12. The zero-order valence-corrected chi connectivity index (χ0v) is 21.4. The molecule has 0 aliphatic carbocycles. The van der Waals surface area contributed by atoms with E-state index >= 15 is 0 Å². The van der Waals surface area contributed by atoms with Crippen LogP contribution in [0.5, 0.6) is 5.75 Å². The molecule has 2 N–H and O–H groups in total. The minimum atomic E-state index is -0.534. The van der Waals surface area contributed by atoms with Crippen LogP contribution in [0.4, 0.5) is 5.69 Å². The highest BCUT2D eigenvalue weighted by Crippen LogP contribution is 2.40. The first-order chi connectivity index (χ1) is 15.1. The van der Waals surface area contributed by atoms with Crippen molar-refractivity contribution in [3.8, 4) is 5.75 Å². The highest BCUT2D eigenvalue weighted by molar-refractivity contribution is 7.80. The van der Waals surface area contributed by atoms with Crippen molar-refractivity contribution in [1.82, 2.24) is 5.32 Å². The minimum Gasteiger partial charge on any atom is -0.507 e. The van der Waals surface area contributed by atoms with E-state index in [0.29, 0.717) is 11.3 Å². The second kappa shape index (κ2) is 8.41. The van der Waals surface area contributed by atoms with Gasteiger partial charge in [-0.15, -0.1) is 0 Å². The van der Waals surface area contributed by atoms with Gasteiger partial charge in [0.15, 0.2) is 5.11 Å². The first-order valence-electron chi connectivity index (χ1n) is 11.0. The van der Waals surface area contributed by atoms with Gasteiger partial charge in [0.2, 0.25) is 0 Å². The molecule has 0 radical (unpaired) electrons. The van der Waals surface area contributed by atoms with E-state index in [2.05, 4.69) is 5.32 Å². The third-order valence-corrected chi connectivity index (χ3v) is 5.91. The van der Waals surface area contributed by atoms with Crippen molar-refractivity contribution in [3.63, 3.8) is 0 Å². The number of benzene rings is 2. The van der Waals surface area contributed by atoms with E-state index in [4.69, 9.17) is 12.2 Å². The summed E-state index contributed by atoms with van der Waals surface area (Å²) in [5, 5.41) is 13.7. The Morgan fingerprint density at radius 3 is 1.82 bits per heavy atom. The normalized spacial score (nSPS) is 16.4. The molecule has 33 heavy (non-hydrogen) atoms. The summed E-state index contributed by atoms with van der Waals surface area (Å²) in [6, 6.07) is 9.41. The maximum Gasteiger partial charge on any atom is 0.270 e. The van der Waals surface area contributed by atoms with Crippen LogP contribution in [0, 0.1) is 13.8 Å². The highest BCUT2D eigenvalue weighted by Gasteiger charge is 2.35. The van der Waals surface area contributed by atoms with Crippen molar-refractivity contribution in [2.45, 2.75) is 66.2 Å². The van der Waals surface area contributed by atoms with Crippen LogP contribution in [0.2, 0.25) is 0 Å². The molecule has 2 aromatic carbocycles. The fraction of sp³-hybridized carbons (Fsp3) is 0.370. The summed E-state index contributed by atoms with van der Waals surface area (Å²) in [5.74, 6) is -0.764. The Bertz CT molecular complexity index is 1140. The molecule has 5 nitrogen and oxygen atoms in total. The molecule has 0 atom stereocenters. The van der Waals surface area contributed by atoms with Gasteiger partial charge < -0.3 is 5.11 Å². The van der Waals surface area contributed by atoms with Gasteiger partial charge >= 0.3 is 0 Å². The Balaban J connectivity index is 2.18. The van der Waals surface area contributed by atoms with Gasteiger partial charge in [-0.2, -0.15) is 0 Å². The molecule has 0 saturated carbocycles. The number of amides is 2. The molecule has 0 bridgehead atoms. The molecule has 1 aliphatic rings. The average molecular weight is 465 g/mol. The van der Waals surface area contributed by atoms with Crippen molar-refractivity contribution in [3.05, 3.63) is 63.7 Å². The quantitative estimate of drug-likeness (QED) is 0.353. The molecule has 6 heteroatoms. The Morgan fingerprint density at radius 1 is 0.879 bits per heavy atom. The summed E-state index contributed by atoms with van der Waals surface area (Å²) in [7, 11) is 0. The molecule has 0 spiro atoms. The van der Waals surface area contributed by atoms with Crippen LogP contribution in [-0.4, -0.2) is 22.0 Å². The molecule has 3 rings (SSSR count). The number of hydrogen-bond acceptors (Lipinski definition) is 4. The Kier molecular flexibility index (Phi) is 6.28. The SMILES string of the molecule is Cc1cc(C)cc(N2C(=O)/C(=C/c3cc(C(C)(C)C)c(O)c(C(C)(C)C)c3)C(=O)NC2=S)c1. The van der Waals surface area contributed by atoms with E-state index in [1.54, 1.807) is 6.08 Å².